The quantitative estimate of drug-likeness (QED) is 0.907. The van der Waals surface area contributed by atoms with Gasteiger partial charge in [0.2, 0.25) is 0 Å². The van der Waals surface area contributed by atoms with Crippen LogP contribution >= 0.6 is 0 Å². The molecule has 0 bridgehead atoms. The fraction of sp³-hybridized carbons (Fsp3) is 0.143. The number of ether oxygens (including phenoxy) is 1. The molecular weight excluding hydrogens is 236 g/mol. The lowest BCUT2D eigenvalue weighted by molar-refractivity contribution is 0.414. The van der Waals surface area contributed by atoms with E-state index in [-0.39, 0.29) is 0 Å². The maximum Gasteiger partial charge on any atom is 0.126 e. The Labute approximate surface area is 104 Å². The normalized spacial score (nSPS) is 12.2. The van der Waals surface area contributed by atoms with Crippen molar-refractivity contribution in [1.82, 2.24) is 0 Å². The molecule has 0 aliphatic rings. The highest BCUT2D eigenvalue weighted by Crippen LogP contribution is 2.23. The Morgan fingerprint density at radius 3 is 2.00 bits per heavy atom. The maximum absolute atomic E-state index is 13.1. The SMILES string of the molecule is COc1ccc(C(N)c2cc(F)cc(F)c2)cc1. The van der Waals surface area contributed by atoms with Gasteiger partial charge < -0.3 is 10.5 Å². The molecule has 0 saturated carbocycles. The summed E-state index contributed by atoms with van der Waals surface area (Å²) in [5.41, 5.74) is 7.14. The Balaban J connectivity index is 2.31. The summed E-state index contributed by atoms with van der Waals surface area (Å²) in [6.07, 6.45) is 0. The molecule has 1 unspecified atom stereocenters. The molecule has 2 nitrogen and oxygen atoms in total. The highest BCUT2D eigenvalue weighted by Gasteiger charge is 2.11. The molecule has 2 aromatic carbocycles. The zero-order valence-corrected chi connectivity index (χ0v) is 9.86. The molecule has 1 atom stereocenters. The van der Waals surface area contributed by atoms with Crippen molar-refractivity contribution >= 4 is 0 Å². The minimum Gasteiger partial charge on any atom is -0.497 e. The van der Waals surface area contributed by atoms with Crippen LogP contribution in [0.15, 0.2) is 42.5 Å². The van der Waals surface area contributed by atoms with Gasteiger partial charge in [-0.15, -0.1) is 0 Å². The zero-order chi connectivity index (χ0) is 13.1. The van der Waals surface area contributed by atoms with E-state index in [9.17, 15) is 8.78 Å². The van der Waals surface area contributed by atoms with Gasteiger partial charge in [-0.25, -0.2) is 8.78 Å². The van der Waals surface area contributed by atoms with Gasteiger partial charge in [0.25, 0.3) is 0 Å². The third kappa shape index (κ3) is 2.65. The van der Waals surface area contributed by atoms with Gasteiger partial charge in [0, 0.05) is 6.07 Å². The zero-order valence-electron chi connectivity index (χ0n) is 9.86. The first-order valence-electron chi connectivity index (χ1n) is 5.45. The summed E-state index contributed by atoms with van der Waals surface area (Å²) in [5, 5.41) is 0. The Hall–Kier alpha value is -1.94. The van der Waals surface area contributed by atoms with Crippen LogP contribution in [0.3, 0.4) is 0 Å². The number of hydrogen-bond acceptors (Lipinski definition) is 2. The summed E-state index contributed by atoms with van der Waals surface area (Å²) < 4.78 is 31.2. The van der Waals surface area contributed by atoms with Crippen LogP contribution in [-0.4, -0.2) is 7.11 Å². The molecule has 0 heterocycles. The fourth-order valence-electron chi connectivity index (χ4n) is 1.76. The molecule has 94 valence electrons. The Bertz CT molecular complexity index is 520. The lowest BCUT2D eigenvalue weighted by Crippen LogP contribution is -2.12. The molecule has 0 aliphatic heterocycles. The number of hydrogen-bond donors (Lipinski definition) is 1. The number of benzene rings is 2. The molecule has 4 heteroatoms. The van der Waals surface area contributed by atoms with Crippen molar-refractivity contribution in [3.05, 3.63) is 65.2 Å². The second-order valence-corrected chi connectivity index (χ2v) is 3.95. The first kappa shape index (κ1) is 12.5. The van der Waals surface area contributed by atoms with Gasteiger partial charge in [-0.2, -0.15) is 0 Å². The summed E-state index contributed by atoms with van der Waals surface area (Å²) in [6.45, 7) is 0. The minimum absolute atomic E-state index is 0.401. The van der Waals surface area contributed by atoms with E-state index in [1.165, 1.54) is 12.1 Å². The second-order valence-electron chi connectivity index (χ2n) is 3.95. The van der Waals surface area contributed by atoms with Crippen LogP contribution < -0.4 is 10.5 Å². The standard InChI is InChI=1S/C14H13F2NO/c1-18-13-4-2-9(3-5-13)14(17)10-6-11(15)8-12(16)7-10/h2-8,14H,17H2,1H3. The van der Waals surface area contributed by atoms with E-state index in [1.54, 1.807) is 31.4 Å². The molecule has 2 rings (SSSR count). The molecule has 0 amide bonds. The van der Waals surface area contributed by atoms with Crippen molar-refractivity contribution < 1.29 is 13.5 Å². The lowest BCUT2D eigenvalue weighted by Gasteiger charge is -2.13. The molecule has 0 saturated heterocycles. The van der Waals surface area contributed by atoms with Gasteiger partial charge in [-0.1, -0.05) is 12.1 Å². The van der Waals surface area contributed by atoms with Crippen LogP contribution in [0.2, 0.25) is 0 Å². The molecule has 0 spiro atoms. The second kappa shape index (κ2) is 5.14. The highest BCUT2D eigenvalue weighted by atomic mass is 19.1. The van der Waals surface area contributed by atoms with Crippen molar-refractivity contribution in [2.75, 3.05) is 7.11 Å². The average molecular weight is 249 g/mol. The largest absolute Gasteiger partial charge is 0.497 e. The molecule has 0 aromatic heterocycles. The van der Waals surface area contributed by atoms with Crippen molar-refractivity contribution in [3.63, 3.8) is 0 Å². The predicted octanol–water partition coefficient (Wildman–Crippen LogP) is 3.02. The monoisotopic (exact) mass is 249 g/mol. The summed E-state index contributed by atoms with van der Waals surface area (Å²) >= 11 is 0. The summed E-state index contributed by atoms with van der Waals surface area (Å²) in [4.78, 5) is 0. The third-order valence-electron chi connectivity index (χ3n) is 2.72. The van der Waals surface area contributed by atoms with E-state index >= 15 is 0 Å². The topological polar surface area (TPSA) is 35.2 Å². The van der Waals surface area contributed by atoms with Crippen molar-refractivity contribution in [2.24, 2.45) is 5.73 Å². The predicted molar refractivity (Wildman–Crippen MR) is 65.4 cm³/mol. The summed E-state index contributed by atoms with van der Waals surface area (Å²) in [7, 11) is 1.57. The maximum atomic E-state index is 13.1. The van der Waals surface area contributed by atoms with Gasteiger partial charge in [0.05, 0.1) is 13.2 Å². The Kier molecular flexibility index (Phi) is 3.58. The molecule has 2 N–H and O–H groups in total. The van der Waals surface area contributed by atoms with Gasteiger partial charge in [-0.05, 0) is 35.4 Å². The van der Waals surface area contributed by atoms with Crippen molar-refractivity contribution in [1.29, 1.82) is 0 Å². The van der Waals surface area contributed by atoms with E-state index in [4.69, 9.17) is 10.5 Å². The van der Waals surface area contributed by atoms with Crippen LogP contribution in [0.5, 0.6) is 5.75 Å². The number of methoxy groups -OCH3 is 1. The number of rotatable bonds is 3. The van der Waals surface area contributed by atoms with Gasteiger partial charge in [-0.3, -0.25) is 0 Å². The lowest BCUT2D eigenvalue weighted by atomic mass is 9.99. The first-order chi connectivity index (χ1) is 8.60. The summed E-state index contributed by atoms with van der Waals surface area (Å²) in [5.74, 6) is -0.556. The smallest absolute Gasteiger partial charge is 0.126 e. The molecule has 18 heavy (non-hydrogen) atoms. The Morgan fingerprint density at radius 2 is 1.50 bits per heavy atom. The van der Waals surface area contributed by atoms with E-state index in [2.05, 4.69) is 0 Å². The van der Waals surface area contributed by atoms with Gasteiger partial charge in [0.1, 0.15) is 17.4 Å². The van der Waals surface area contributed by atoms with E-state index < -0.39 is 17.7 Å². The van der Waals surface area contributed by atoms with Gasteiger partial charge >= 0.3 is 0 Å². The van der Waals surface area contributed by atoms with Crippen molar-refractivity contribution in [3.8, 4) is 5.75 Å². The van der Waals surface area contributed by atoms with E-state index in [0.29, 0.717) is 11.3 Å². The third-order valence-corrected chi connectivity index (χ3v) is 2.72. The van der Waals surface area contributed by atoms with Gasteiger partial charge in [0.15, 0.2) is 0 Å². The molecule has 2 aromatic rings. The van der Waals surface area contributed by atoms with Crippen LogP contribution in [0.1, 0.15) is 17.2 Å². The van der Waals surface area contributed by atoms with Crippen LogP contribution in [-0.2, 0) is 0 Å². The molecule has 0 aliphatic carbocycles. The summed E-state index contributed by atoms with van der Waals surface area (Å²) in [6, 6.07) is 9.77. The van der Waals surface area contributed by atoms with Crippen LogP contribution in [0, 0.1) is 11.6 Å². The van der Waals surface area contributed by atoms with Crippen LogP contribution in [0.4, 0.5) is 8.78 Å². The average Bonchev–Trinajstić information content (AvgIpc) is 2.37. The molecule has 0 fully saturated rings. The number of halogens is 2. The van der Waals surface area contributed by atoms with Crippen molar-refractivity contribution in [2.45, 2.75) is 6.04 Å². The fourth-order valence-corrected chi connectivity index (χ4v) is 1.76. The Morgan fingerprint density at radius 1 is 0.944 bits per heavy atom. The van der Waals surface area contributed by atoms with E-state index in [1.807, 2.05) is 0 Å². The number of nitrogens with two attached hydrogens (primary N) is 1. The molecular formula is C14H13F2NO. The van der Waals surface area contributed by atoms with Crippen LogP contribution in [0.25, 0.3) is 0 Å². The minimum atomic E-state index is -0.631. The highest BCUT2D eigenvalue weighted by molar-refractivity contribution is 5.35. The first-order valence-corrected chi connectivity index (χ1v) is 5.45. The van der Waals surface area contributed by atoms with E-state index in [0.717, 1.165) is 11.6 Å². The molecule has 0 radical (unpaired) electrons.